The van der Waals surface area contributed by atoms with Gasteiger partial charge < -0.3 is 14.9 Å². The fraction of sp³-hybridized carbons (Fsp3) is 0.545. The largest absolute Gasteiger partial charge is 0.381 e. The van der Waals surface area contributed by atoms with Crippen LogP contribution in [0.4, 0.5) is 5.82 Å². The molecule has 2 rings (SSSR count). The summed E-state index contributed by atoms with van der Waals surface area (Å²) in [4.78, 5) is 4.03. The third-order valence-electron chi connectivity index (χ3n) is 2.62. The molecule has 1 aliphatic heterocycles. The summed E-state index contributed by atoms with van der Waals surface area (Å²) < 4.78 is 10.9. The van der Waals surface area contributed by atoms with E-state index in [2.05, 4.69) is 10.4 Å². The van der Waals surface area contributed by atoms with Crippen LogP contribution in [0, 0.1) is 5.92 Å². The van der Waals surface area contributed by atoms with E-state index in [9.17, 15) is 0 Å². The van der Waals surface area contributed by atoms with Crippen molar-refractivity contribution in [2.24, 2.45) is 11.8 Å². The zero-order valence-corrected chi connectivity index (χ0v) is 9.19. The molecule has 0 radical (unpaired) electrons. The standard InChI is InChI=1S/C11H17N3O2/c12-14-11-5-9(1-3-13-11)6-16-8-10-2-4-15-7-10/h1,3,5,10H,2,4,6-8,12H2,(H,13,14). The normalized spacial score (nSPS) is 19.9. The Morgan fingerprint density at radius 1 is 1.62 bits per heavy atom. The second-order valence-electron chi connectivity index (χ2n) is 3.94. The molecule has 5 nitrogen and oxygen atoms in total. The van der Waals surface area contributed by atoms with E-state index in [0.29, 0.717) is 18.3 Å². The van der Waals surface area contributed by atoms with Gasteiger partial charge in [0.25, 0.3) is 0 Å². The second-order valence-corrected chi connectivity index (χ2v) is 3.94. The number of rotatable bonds is 5. The van der Waals surface area contributed by atoms with Crippen molar-refractivity contribution in [1.82, 2.24) is 4.98 Å². The van der Waals surface area contributed by atoms with Crippen molar-refractivity contribution in [1.29, 1.82) is 0 Å². The predicted octanol–water partition coefficient (Wildman–Crippen LogP) is 0.920. The van der Waals surface area contributed by atoms with Crippen molar-refractivity contribution in [3.8, 4) is 0 Å². The number of nitrogens with two attached hydrogens (primary N) is 1. The lowest BCUT2D eigenvalue weighted by molar-refractivity contribution is 0.0791. The van der Waals surface area contributed by atoms with Crippen LogP contribution < -0.4 is 11.3 Å². The van der Waals surface area contributed by atoms with Gasteiger partial charge in [-0.05, 0) is 24.1 Å². The van der Waals surface area contributed by atoms with Gasteiger partial charge in [0.1, 0.15) is 5.82 Å². The van der Waals surface area contributed by atoms with E-state index in [1.807, 2.05) is 12.1 Å². The first-order valence-electron chi connectivity index (χ1n) is 5.45. The third-order valence-corrected chi connectivity index (χ3v) is 2.62. The lowest BCUT2D eigenvalue weighted by atomic mass is 10.1. The number of anilines is 1. The number of nitrogens with zero attached hydrogens (tertiary/aromatic N) is 1. The molecule has 88 valence electrons. The lowest BCUT2D eigenvalue weighted by Crippen LogP contribution is -2.10. The average Bonchev–Trinajstić information content (AvgIpc) is 2.82. The van der Waals surface area contributed by atoms with Gasteiger partial charge in [0.05, 0.1) is 19.8 Å². The van der Waals surface area contributed by atoms with Gasteiger partial charge in [-0.2, -0.15) is 0 Å². The van der Waals surface area contributed by atoms with E-state index < -0.39 is 0 Å². The minimum atomic E-state index is 0.550. The Balaban J connectivity index is 1.75. The molecule has 1 aliphatic rings. The molecular formula is C11H17N3O2. The van der Waals surface area contributed by atoms with Crippen LogP contribution in [-0.2, 0) is 16.1 Å². The number of aromatic nitrogens is 1. The number of ether oxygens (including phenoxy) is 2. The van der Waals surface area contributed by atoms with Crippen molar-refractivity contribution < 1.29 is 9.47 Å². The van der Waals surface area contributed by atoms with E-state index in [-0.39, 0.29) is 0 Å². The van der Waals surface area contributed by atoms with Crippen LogP contribution in [0.2, 0.25) is 0 Å². The Labute approximate surface area is 94.9 Å². The Hall–Kier alpha value is -1.17. The molecule has 5 heteroatoms. The summed E-state index contributed by atoms with van der Waals surface area (Å²) in [5, 5.41) is 0. The van der Waals surface area contributed by atoms with Crippen molar-refractivity contribution in [3.05, 3.63) is 23.9 Å². The number of hydrogen-bond acceptors (Lipinski definition) is 5. The molecule has 0 amide bonds. The van der Waals surface area contributed by atoms with Crippen molar-refractivity contribution >= 4 is 5.82 Å². The Morgan fingerprint density at radius 2 is 2.56 bits per heavy atom. The molecule has 0 bridgehead atoms. The van der Waals surface area contributed by atoms with Gasteiger partial charge in [-0.1, -0.05) is 0 Å². The summed E-state index contributed by atoms with van der Waals surface area (Å²) in [5.74, 6) is 6.48. The summed E-state index contributed by atoms with van der Waals surface area (Å²) in [6.07, 6.45) is 2.82. The molecule has 1 unspecified atom stereocenters. The van der Waals surface area contributed by atoms with Gasteiger partial charge in [0.15, 0.2) is 0 Å². The van der Waals surface area contributed by atoms with E-state index in [1.54, 1.807) is 6.20 Å². The summed E-state index contributed by atoms with van der Waals surface area (Å²) in [5.41, 5.74) is 3.58. The van der Waals surface area contributed by atoms with E-state index in [0.717, 1.165) is 31.8 Å². The van der Waals surface area contributed by atoms with Crippen molar-refractivity contribution in [3.63, 3.8) is 0 Å². The van der Waals surface area contributed by atoms with Crippen molar-refractivity contribution in [2.75, 3.05) is 25.2 Å². The Bertz CT molecular complexity index is 327. The topological polar surface area (TPSA) is 69.4 Å². The highest BCUT2D eigenvalue weighted by Gasteiger charge is 2.15. The molecule has 0 aromatic carbocycles. The van der Waals surface area contributed by atoms with Crippen molar-refractivity contribution in [2.45, 2.75) is 13.0 Å². The molecule has 0 saturated carbocycles. The average molecular weight is 223 g/mol. The first-order valence-corrected chi connectivity index (χ1v) is 5.45. The van der Waals surface area contributed by atoms with Gasteiger partial charge in [-0.15, -0.1) is 0 Å². The summed E-state index contributed by atoms with van der Waals surface area (Å²) >= 11 is 0. The van der Waals surface area contributed by atoms with E-state index in [1.165, 1.54) is 0 Å². The highest BCUT2D eigenvalue weighted by Crippen LogP contribution is 2.14. The van der Waals surface area contributed by atoms with Crippen LogP contribution in [0.25, 0.3) is 0 Å². The molecule has 1 atom stereocenters. The molecule has 1 fully saturated rings. The van der Waals surface area contributed by atoms with Crippen LogP contribution in [0.15, 0.2) is 18.3 Å². The van der Waals surface area contributed by atoms with Crippen LogP contribution in [0.5, 0.6) is 0 Å². The molecule has 1 aromatic heterocycles. The minimum absolute atomic E-state index is 0.550. The quantitative estimate of drug-likeness (QED) is 0.574. The SMILES string of the molecule is NNc1cc(COCC2CCOC2)ccn1. The molecular weight excluding hydrogens is 206 g/mol. The number of pyridine rings is 1. The number of hydrazine groups is 1. The zero-order valence-electron chi connectivity index (χ0n) is 9.19. The van der Waals surface area contributed by atoms with Gasteiger partial charge in [-0.25, -0.2) is 10.8 Å². The van der Waals surface area contributed by atoms with Gasteiger partial charge in [0, 0.05) is 18.7 Å². The molecule has 1 saturated heterocycles. The fourth-order valence-corrected chi connectivity index (χ4v) is 1.70. The van der Waals surface area contributed by atoms with E-state index in [4.69, 9.17) is 15.3 Å². The first-order chi connectivity index (χ1) is 7.88. The number of nitrogen functional groups attached to an aromatic ring is 1. The second kappa shape index (κ2) is 5.79. The van der Waals surface area contributed by atoms with Crippen LogP contribution >= 0.6 is 0 Å². The van der Waals surface area contributed by atoms with Gasteiger partial charge in [0.2, 0.25) is 0 Å². The molecule has 0 spiro atoms. The Kier molecular flexibility index (Phi) is 4.10. The molecule has 2 heterocycles. The fourth-order valence-electron chi connectivity index (χ4n) is 1.70. The first kappa shape index (κ1) is 11.3. The highest BCUT2D eigenvalue weighted by molar-refractivity contribution is 5.35. The van der Waals surface area contributed by atoms with Crippen LogP contribution in [0.1, 0.15) is 12.0 Å². The third kappa shape index (κ3) is 3.16. The van der Waals surface area contributed by atoms with Gasteiger partial charge >= 0.3 is 0 Å². The zero-order chi connectivity index (χ0) is 11.2. The molecule has 0 aliphatic carbocycles. The smallest absolute Gasteiger partial charge is 0.140 e. The minimum Gasteiger partial charge on any atom is -0.381 e. The molecule has 3 N–H and O–H groups in total. The number of hydrogen-bond donors (Lipinski definition) is 2. The van der Waals surface area contributed by atoms with Crippen LogP contribution in [0.3, 0.4) is 0 Å². The summed E-state index contributed by atoms with van der Waals surface area (Å²) in [7, 11) is 0. The van der Waals surface area contributed by atoms with Crippen LogP contribution in [-0.4, -0.2) is 24.8 Å². The van der Waals surface area contributed by atoms with E-state index >= 15 is 0 Å². The maximum Gasteiger partial charge on any atom is 0.140 e. The predicted molar refractivity (Wildman–Crippen MR) is 60.6 cm³/mol. The summed E-state index contributed by atoms with van der Waals surface area (Å²) in [6.45, 7) is 3.04. The molecule has 16 heavy (non-hydrogen) atoms. The monoisotopic (exact) mass is 223 g/mol. The number of nitrogens with one attached hydrogen (secondary N) is 1. The summed E-state index contributed by atoms with van der Waals surface area (Å²) in [6, 6.07) is 3.80. The molecule has 1 aromatic rings. The Morgan fingerprint density at radius 3 is 3.31 bits per heavy atom. The highest BCUT2D eigenvalue weighted by atomic mass is 16.5. The van der Waals surface area contributed by atoms with Gasteiger partial charge in [-0.3, -0.25) is 0 Å². The lowest BCUT2D eigenvalue weighted by Gasteiger charge is -2.09. The maximum atomic E-state index is 5.63. The maximum absolute atomic E-state index is 5.63.